The largest absolute Gasteiger partial charge is 0.339 e. The number of aryl methyl sites for hydroxylation is 1. The zero-order chi connectivity index (χ0) is 12.5. The number of carbonyl (C=O) groups excluding carboxylic acids is 1. The van der Waals surface area contributed by atoms with Crippen molar-refractivity contribution >= 4 is 22.8 Å². The van der Waals surface area contributed by atoms with Crippen LogP contribution in [0, 0.1) is 0 Å². The van der Waals surface area contributed by atoms with Gasteiger partial charge in [-0.1, -0.05) is 18.3 Å². The van der Waals surface area contributed by atoms with Gasteiger partial charge in [0.15, 0.2) is 17.2 Å². The molecule has 0 bridgehead atoms. The topological polar surface area (TPSA) is 63.9 Å². The van der Waals surface area contributed by atoms with Crippen LogP contribution in [0.15, 0.2) is 6.33 Å². The number of carbonyl (C=O) groups is 1. The minimum absolute atomic E-state index is 0.703. The summed E-state index contributed by atoms with van der Waals surface area (Å²) < 4.78 is 2.05. The molecule has 0 radical (unpaired) electrons. The Balaban J connectivity index is 1.88. The fourth-order valence-electron chi connectivity index (χ4n) is 2.06. The van der Waals surface area contributed by atoms with Crippen LogP contribution in [0.5, 0.6) is 0 Å². The van der Waals surface area contributed by atoms with Gasteiger partial charge in [0.1, 0.15) is 6.33 Å². The first-order valence-corrected chi connectivity index (χ1v) is 6.70. The van der Waals surface area contributed by atoms with Gasteiger partial charge in [0.25, 0.3) is 0 Å². The molecule has 2 aromatic heterocycles. The summed E-state index contributed by atoms with van der Waals surface area (Å²) in [5, 5.41) is 8.89. The van der Waals surface area contributed by atoms with Crippen LogP contribution < -0.4 is 4.90 Å². The molecule has 0 aromatic carbocycles. The molecule has 6 nitrogen and oxygen atoms in total. The van der Waals surface area contributed by atoms with E-state index in [9.17, 15) is 4.79 Å². The van der Waals surface area contributed by atoms with Crippen LogP contribution >= 0.6 is 11.3 Å². The quantitative estimate of drug-likeness (QED) is 0.777. The standard InChI is InChI=1S/C11H13N5OS/c1-2-8-9(6-17)18-11(13-8)15-3-4-16-7-12-14-10(16)5-15/h6-7H,2-5H2,1H3. The SMILES string of the molecule is CCc1nc(N2CCn3cnnc3C2)sc1C=O. The summed E-state index contributed by atoms with van der Waals surface area (Å²) in [5.74, 6) is 0.946. The Morgan fingerprint density at radius 2 is 2.39 bits per heavy atom. The maximum Gasteiger partial charge on any atom is 0.186 e. The van der Waals surface area contributed by atoms with Crippen molar-refractivity contribution in [3.8, 4) is 0 Å². The molecule has 0 amide bonds. The number of nitrogens with zero attached hydrogens (tertiary/aromatic N) is 5. The number of hydrogen-bond acceptors (Lipinski definition) is 6. The molecule has 0 fully saturated rings. The Hall–Kier alpha value is -1.76. The fourth-order valence-corrected chi connectivity index (χ4v) is 3.05. The summed E-state index contributed by atoms with van der Waals surface area (Å²) in [7, 11) is 0. The molecule has 0 unspecified atom stereocenters. The van der Waals surface area contributed by atoms with Crippen molar-refractivity contribution in [3.63, 3.8) is 0 Å². The summed E-state index contributed by atoms with van der Waals surface area (Å²) in [6.07, 6.45) is 3.43. The van der Waals surface area contributed by atoms with E-state index in [0.29, 0.717) is 6.54 Å². The summed E-state index contributed by atoms with van der Waals surface area (Å²) in [4.78, 5) is 18.4. The van der Waals surface area contributed by atoms with E-state index in [0.717, 1.165) is 47.3 Å². The molecule has 0 aliphatic carbocycles. The van der Waals surface area contributed by atoms with Crippen LogP contribution in [-0.2, 0) is 19.5 Å². The van der Waals surface area contributed by atoms with Gasteiger partial charge < -0.3 is 9.47 Å². The molecule has 7 heteroatoms. The summed E-state index contributed by atoms with van der Waals surface area (Å²) in [6.45, 7) is 4.45. The van der Waals surface area contributed by atoms with E-state index in [1.807, 2.05) is 11.5 Å². The van der Waals surface area contributed by atoms with Crippen molar-refractivity contribution in [1.82, 2.24) is 19.7 Å². The van der Waals surface area contributed by atoms with Gasteiger partial charge >= 0.3 is 0 Å². The van der Waals surface area contributed by atoms with E-state index in [1.165, 1.54) is 11.3 Å². The highest BCUT2D eigenvalue weighted by Gasteiger charge is 2.21. The van der Waals surface area contributed by atoms with Crippen molar-refractivity contribution in [2.45, 2.75) is 26.4 Å². The molecule has 3 heterocycles. The predicted octanol–water partition coefficient (Wildman–Crippen LogP) is 1.13. The molecule has 0 N–H and O–H groups in total. The fraction of sp³-hybridized carbons (Fsp3) is 0.455. The Morgan fingerprint density at radius 1 is 1.50 bits per heavy atom. The van der Waals surface area contributed by atoms with Gasteiger partial charge in [-0.15, -0.1) is 10.2 Å². The van der Waals surface area contributed by atoms with Gasteiger partial charge in [-0.2, -0.15) is 0 Å². The first-order chi connectivity index (χ1) is 8.81. The second-order valence-corrected chi connectivity index (χ2v) is 5.15. The van der Waals surface area contributed by atoms with Crippen LogP contribution in [0.2, 0.25) is 0 Å². The highest BCUT2D eigenvalue weighted by molar-refractivity contribution is 7.17. The summed E-state index contributed by atoms with van der Waals surface area (Å²) >= 11 is 1.46. The lowest BCUT2D eigenvalue weighted by Crippen LogP contribution is -2.33. The van der Waals surface area contributed by atoms with Gasteiger partial charge in [-0.05, 0) is 6.42 Å². The first-order valence-electron chi connectivity index (χ1n) is 5.88. The van der Waals surface area contributed by atoms with E-state index >= 15 is 0 Å². The molecule has 0 saturated heterocycles. The lowest BCUT2D eigenvalue weighted by atomic mass is 10.3. The third-order valence-corrected chi connectivity index (χ3v) is 4.15. The van der Waals surface area contributed by atoms with Crippen molar-refractivity contribution in [3.05, 3.63) is 22.7 Å². The van der Waals surface area contributed by atoms with Gasteiger partial charge in [-0.25, -0.2) is 4.98 Å². The molecular formula is C11H13N5OS. The summed E-state index contributed by atoms with van der Waals surface area (Å²) in [6, 6.07) is 0. The molecule has 18 heavy (non-hydrogen) atoms. The molecule has 2 aromatic rings. The second-order valence-electron chi connectivity index (χ2n) is 4.14. The predicted molar refractivity (Wildman–Crippen MR) is 68.0 cm³/mol. The average Bonchev–Trinajstić information content (AvgIpc) is 3.03. The number of anilines is 1. The highest BCUT2D eigenvalue weighted by atomic mass is 32.1. The van der Waals surface area contributed by atoms with Crippen LogP contribution in [0.25, 0.3) is 0 Å². The van der Waals surface area contributed by atoms with Crippen molar-refractivity contribution < 1.29 is 4.79 Å². The van der Waals surface area contributed by atoms with Crippen molar-refractivity contribution in [2.75, 3.05) is 11.4 Å². The van der Waals surface area contributed by atoms with Crippen LogP contribution in [0.4, 0.5) is 5.13 Å². The van der Waals surface area contributed by atoms with Crippen LogP contribution in [-0.4, -0.2) is 32.6 Å². The molecule has 1 aliphatic rings. The van der Waals surface area contributed by atoms with Crippen molar-refractivity contribution in [2.24, 2.45) is 0 Å². The normalized spacial score (nSPS) is 14.6. The highest BCUT2D eigenvalue weighted by Crippen LogP contribution is 2.27. The zero-order valence-corrected chi connectivity index (χ0v) is 10.9. The number of rotatable bonds is 3. The van der Waals surface area contributed by atoms with E-state index < -0.39 is 0 Å². The third kappa shape index (κ3) is 1.80. The molecular weight excluding hydrogens is 250 g/mol. The number of hydrogen-bond donors (Lipinski definition) is 0. The molecule has 0 atom stereocenters. The smallest absolute Gasteiger partial charge is 0.186 e. The second kappa shape index (κ2) is 4.49. The maximum atomic E-state index is 11.0. The van der Waals surface area contributed by atoms with Gasteiger partial charge in [0.05, 0.1) is 17.1 Å². The molecule has 0 spiro atoms. The zero-order valence-electron chi connectivity index (χ0n) is 10.0. The molecule has 0 saturated carbocycles. The van der Waals surface area contributed by atoms with E-state index in [4.69, 9.17) is 0 Å². The Morgan fingerprint density at radius 3 is 3.11 bits per heavy atom. The van der Waals surface area contributed by atoms with E-state index in [1.54, 1.807) is 6.33 Å². The Labute approximate surface area is 108 Å². The van der Waals surface area contributed by atoms with Crippen LogP contribution in [0.3, 0.4) is 0 Å². The summed E-state index contributed by atoms with van der Waals surface area (Å²) in [5.41, 5.74) is 0.886. The number of fused-ring (bicyclic) bond motifs is 1. The molecule has 3 rings (SSSR count). The first kappa shape index (κ1) is 11.3. The monoisotopic (exact) mass is 263 g/mol. The maximum absolute atomic E-state index is 11.0. The van der Waals surface area contributed by atoms with Crippen LogP contribution in [0.1, 0.15) is 28.1 Å². The van der Waals surface area contributed by atoms with Gasteiger partial charge in [0, 0.05) is 13.1 Å². The van der Waals surface area contributed by atoms with Crippen molar-refractivity contribution in [1.29, 1.82) is 0 Å². The van der Waals surface area contributed by atoms with Gasteiger partial charge in [-0.3, -0.25) is 4.79 Å². The Bertz CT molecular complexity index is 576. The number of aromatic nitrogens is 4. The number of aldehydes is 1. The Kier molecular flexibility index (Phi) is 2.83. The minimum atomic E-state index is 0.703. The lowest BCUT2D eigenvalue weighted by molar-refractivity contribution is 0.112. The molecule has 1 aliphatic heterocycles. The van der Waals surface area contributed by atoms with E-state index in [2.05, 4.69) is 20.1 Å². The minimum Gasteiger partial charge on any atom is -0.339 e. The average molecular weight is 263 g/mol. The number of thiazole rings is 1. The van der Waals surface area contributed by atoms with Gasteiger partial charge in [0.2, 0.25) is 0 Å². The lowest BCUT2D eigenvalue weighted by Gasteiger charge is -2.26. The third-order valence-electron chi connectivity index (χ3n) is 3.07. The molecule has 94 valence electrons. The van der Waals surface area contributed by atoms with E-state index in [-0.39, 0.29) is 0 Å².